The minimum absolute atomic E-state index is 0.235. The number of carbonyl (C=O) groups is 5. The average molecular weight is 444 g/mol. The molecule has 2 saturated heterocycles. The maximum Gasteiger partial charge on any atom is 0.305 e. The number of benzene rings is 1. The molecule has 0 bridgehead atoms. The molecular weight excluding hydrogens is 416 g/mol. The second kappa shape index (κ2) is 10.9. The molecule has 2 heterocycles. The molecule has 2 aliphatic rings. The van der Waals surface area contributed by atoms with Gasteiger partial charge < -0.3 is 20.5 Å². The van der Waals surface area contributed by atoms with Gasteiger partial charge in [-0.25, -0.2) is 5.01 Å². The number of fused-ring (bicyclic) bond motifs is 1. The van der Waals surface area contributed by atoms with Crippen LogP contribution < -0.4 is 10.6 Å². The molecule has 3 amide bonds. The Balaban J connectivity index is 1.61. The molecule has 3 N–H and O–H groups in total. The lowest BCUT2D eigenvalue weighted by Crippen LogP contribution is -2.68. The van der Waals surface area contributed by atoms with Crippen LogP contribution in [0.15, 0.2) is 30.3 Å². The molecular formula is C22H28N4O6. The molecule has 10 heteroatoms. The lowest BCUT2D eigenvalue weighted by molar-refractivity contribution is -0.177. The van der Waals surface area contributed by atoms with E-state index in [1.54, 1.807) is 5.01 Å². The number of amides is 3. The first-order chi connectivity index (χ1) is 15.4. The quantitative estimate of drug-likeness (QED) is 0.452. The van der Waals surface area contributed by atoms with Gasteiger partial charge in [-0.1, -0.05) is 30.3 Å². The number of rotatable bonds is 9. The van der Waals surface area contributed by atoms with E-state index in [0.29, 0.717) is 45.1 Å². The van der Waals surface area contributed by atoms with Gasteiger partial charge in [-0.15, -0.1) is 0 Å². The van der Waals surface area contributed by atoms with Gasteiger partial charge in [0.2, 0.25) is 11.8 Å². The second-order valence-corrected chi connectivity index (χ2v) is 8.04. The van der Waals surface area contributed by atoms with E-state index in [1.807, 2.05) is 30.3 Å². The van der Waals surface area contributed by atoms with Crippen LogP contribution in [0, 0.1) is 0 Å². The van der Waals surface area contributed by atoms with Crippen molar-refractivity contribution in [1.82, 2.24) is 20.7 Å². The fourth-order valence-corrected chi connectivity index (χ4v) is 4.11. The zero-order valence-corrected chi connectivity index (χ0v) is 17.7. The highest BCUT2D eigenvalue weighted by atomic mass is 16.4. The number of aliphatic carboxylic acids is 1. The van der Waals surface area contributed by atoms with Crippen molar-refractivity contribution in [3.8, 4) is 0 Å². The van der Waals surface area contributed by atoms with Crippen molar-refractivity contribution < 1.29 is 29.1 Å². The molecule has 0 saturated carbocycles. The van der Waals surface area contributed by atoms with Crippen LogP contribution in [0.1, 0.15) is 37.7 Å². The van der Waals surface area contributed by atoms with Crippen LogP contribution in [0.3, 0.4) is 0 Å². The zero-order chi connectivity index (χ0) is 23.1. The maximum atomic E-state index is 13.1. The first-order valence-electron chi connectivity index (χ1n) is 10.8. The van der Waals surface area contributed by atoms with Crippen LogP contribution in [0.4, 0.5) is 0 Å². The molecule has 0 spiro atoms. The molecule has 1 aromatic carbocycles. The highest BCUT2D eigenvalue weighted by Crippen LogP contribution is 2.24. The number of carboxylic acid groups (broad SMARTS) is 1. The molecule has 32 heavy (non-hydrogen) atoms. The number of nitrogens with zero attached hydrogens (tertiary/aromatic N) is 2. The molecule has 10 nitrogen and oxygen atoms in total. The van der Waals surface area contributed by atoms with Gasteiger partial charge in [0.15, 0.2) is 0 Å². The summed E-state index contributed by atoms with van der Waals surface area (Å²) in [6.45, 7) is 1.11. The van der Waals surface area contributed by atoms with E-state index in [9.17, 15) is 24.0 Å². The zero-order valence-electron chi connectivity index (χ0n) is 17.7. The van der Waals surface area contributed by atoms with Gasteiger partial charge in [-0.3, -0.25) is 24.2 Å². The standard InChI is InChI=1S/C22H28N4O6/c27-14-16(13-20(29)30)23-21(31)18-7-4-11-25-12-10-17(22(32)26(18)25)24-19(28)9-8-15-5-2-1-3-6-15/h1-3,5-6,14,16-18H,4,7-13H2,(H,23,31)(H,24,28)(H,29,30)/t16?,17-,18-/m0/s1. The number of aryl methyl sites for hydroxylation is 1. The summed E-state index contributed by atoms with van der Waals surface area (Å²) in [5, 5.41) is 17.2. The summed E-state index contributed by atoms with van der Waals surface area (Å²) in [5.41, 5.74) is 1.03. The number of nitrogens with one attached hydrogen (secondary N) is 2. The molecule has 2 fully saturated rings. The molecule has 1 unspecified atom stereocenters. The van der Waals surface area contributed by atoms with Crippen LogP contribution in [0.5, 0.6) is 0 Å². The van der Waals surface area contributed by atoms with Crippen LogP contribution >= 0.6 is 0 Å². The first kappa shape index (κ1) is 23.4. The number of aldehydes is 1. The van der Waals surface area contributed by atoms with Crippen LogP contribution in [0.2, 0.25) is 0 Å². The average Bonchev–Trinajstić information content (AvgIpc) is 2.79. The summed E-state index contributed by atoms with van der Waals surface area (Å²) >= 11 is 0. The Morgan fingerprint density at radius 2 is 1.91 bits per heavy atom. The van der Waals surface area contributed by atoms with E-state index in [1.165, 1.54) is 5.01 Å². The minimum atomic E-state index is -1.21. The van der Waals surface area contributed by atoms with Crippen LogP contribution in [-0.2, 0) is 30.4 Å². The highest BCUT2D eigenvalue weighted by Gasteiger charge is 2.43. The smallest absolute Gasteiger partial charge is 0.305 e. The summed E-state index contributed by atoms with van der Waals surface area (Å²) in [7, 11) is 0. The molecule has 0 aliphatic carbocycles. The van der Waals surface area contributed by atoms with Crippen molar-refractivity contribution in [3.05, 3.63) is 35.9 Å². The Labute approximate surface area is 185 Å². The number of hydrogen-bond donors (Lipinski definition) is 3. The molecule has 0 aromatic heterocycles. The number of carbonyl (C=O) groups excluding carboxylic acids is 4. The first-order valence-corrected chi connectivity index (χ1v) is 10.8. The molecule has 0 radical (unpaired) electrons. The fourth-order valence-electron chi connectivity index (χ4n) is 4.11. The van der Waals surface area contributed by atoms with Gasteiger partial charge in [-0.05, 0) is 31.2 Å². The summed E-state index contributed by atoms with van der Waals surface area (Å²) in [4.78, 5) is 60.3. The van der Waals surface area contributed by atoms with E-state index in [-0.39, 0.29) is 18.2 Å². The molecule has 3 atom stereocenters. The summed E-state index contributed by atoms with van der Waals surface area (Å²) in [6.07, 6.45) is 2.17. The van der Waals surface area contributed by atoms with Crippen molar-refractivity contribution in [1.29, 1.82) is 0 Å². The van der Waals surface area contributed by atoms with E-state index >= 15 is 0 Å². The third-order valence-electron chi connectivity index (χ3n) is 5.70. The van der Waals surface area contributed by atoms with E-state index in [0.717, 1.165) is 5.56 Å². The fraction of sp³-hybridized carbons (Fsp3) is 0.500. The Morgan fingerprint density at radius 1 is 1.16 bits per heavy atom. The van der Waals surface area contributed by atoms with Crippen molar-refractivity contribution in [2.24, 2.45) is 0 Å². The number of hydrogen-bond acceptors (Lipinski definition) is 6. The van der Waals surface area contributed by atoms with Crippen molar-refractivity contribution >= 4 is 30.0 Å². The van der Waals surface area contributed by atoms with Crippen molar-refractivity contribution in [3.63, 3.8) is 0 Å². The van der Waals surface area contributed by atoms with Gasteiger partial charge in [0, 0.05) is 19.5 Å². The van der Waals surface area contributed by atoms with Crippen LogP contribution in [-0.4, -0.2) is 76.3 Å². The topological polar surface area (TPSA) is 136 Å². The summed E-state index contributed by atoms with van der Waals surface area (Å²) < 4.78 is 0. The Bertz CT molecular complexity index is 861. The monoisotopic (exact) mass is 444 g/mol. The van der Waals surface area contributed by atoms with Gasteiger partial charge in [0.25, 0.3) is 5.91 Å². The Kier molecular flexibility index (Phi) is 7.93. The van der Waals surface area contributed by atoms with Gasteiger partial charge in [-0.2, -0.15) is 0 Å². The molecule has 172 valence electrons. The van der Waals surface area contributed by atoms with Crippen molar-refractivity contribution in [2.45, 2.75) is 56.7 Å². The Morgan fingerprint density at radius 3 is 2.59 bits per heavy atom. The summed E-state index contributed by atoms with van der Waals surface area (Å²) in [6, 6.07) is 6.83. The Hall–Kier alpha value is -3.27. The normalized spacial score (nSPS) is 21.9. The number of carboxylic acids is 1. The molecule has 2 aliphatic heterocycles. The van der Waals surface area contributed by atoms with Gasteiger partial charge in [0.1, 0.15) is 18.4 Å². The molecule has 1 aromatic rings. The second-order valence-electron chi connectivity index (χ2n) is 8.04. The predicted octanol–water partition coefficient (Wildman–Crippen LogP) is -0.126. The summed E-state index contributed by atoms with van der Waals surface area (Å²) in [5.74, 6) is -2.39. The van der Waals surface area contributed by atoms with Crippen LogP contribution in [0.25, 0.3) is 0 Å². The van der Waals surface area contributed by atoms with E-state index in [4.69, 9.17) is 5.11 Å². The predicted molar refractivity (Wildman–Crippen MR) is 113 cm³/mol. The molecule has 3 rings (SSSR count). The number of hydrazine groups is 1. The van der Waals surface area contributed by atoms with Gasteiger partial charge >= 0.3 is 5.97 Å². The minimum Gasteiger partial charge on any atom is -0.481 e. The van der Waals surface area contributed by atoms with Crippen molar-refractivity contribution in [2.75, 3.05) is 13.1 Å². The van der Waals surface area contributed by atoms with Gasteiger partial charge in [0.05, 0.1) is 12.5 Å². The largest absolute Gasteiger partial charge is 0.481 e. The third kappa shape index (κ3) is 5.91. The SMILES string of the molecule is O=CC(CC(=O)O)NC(=O)[C@@H]1CCCN2CC[C@H](NC(=O)CCc3ccccc3)C(=O)N12. The third-order valence-corrected chi connectivity index (χ3v) is 5.70. The highest BCUT2D eigenvalue weighted by molar-refractivity contribution is 5.93. The lowest BCUT2D eigenvalue weighted by atomic mass is 10.0. The van der Waals surface area contributed by atoms with E-state index in [2.05, 4.69) is 10.6 Å². The lowest BCUT2D eigenvalue weighted by Gasteiger charge is -2.48. The van der Waals surface area contributed by atoms with E-state index < -0.39 is 36.4 Å². The maximum absolute atomic E-state index is 13.1.